The van der Waals surface area contributed by atoms with Crippen LogP contribution in [0.15, 0.2) is 4.99 Å². The van der Waals surface area contributed by atoms with Crippen LogP contribution in [0, 0.1) is 11.3 Å². The average Bonchev–Trinajstić information content (AvgIpc) is 2.87. The van der Waals surface area contributed by atoms with Crippen molar-refractivity contribution >= 4 is 5.96 Å². The van der Waals surface area contributed by atoms with Gasteiger partial charge < -0.3 is 9.80 Å². The first-order chi connectivity index (χ1) is 11.2. The second-order valence-electron chi connectivity index (χ2n) is 8.99. The molecule has 0 spiro atoms. The fourth-order valence-electron chi connectivity index (χ4n) is 3.55. The number of hydrogen-bond acceptors (Lipinski definition) is 1. The van der Waals surface area contributed by atoms with E-state index in [1.165, 1.54) is 31.6 Å². The Morgan fingerprint density at radius 1 is 1.04 bits per heavy atom. The number of aliphatic imine (C=N–C) groups is 1. The second-order valence-corrected chi connectivity index (χ2v) is 8.99. The van der Waals surface area contributed by atoms with Gasteiger partial charge in [-0.05, 0) is 50.4 Å². The molecule has 1 unspecified atom stereocenters. The summed E-state index contributed by atoms with van der Waals surface area (Å²) in [5.74, 6) is 2.04. The van der Waals surface area contributed by atoms with Gasteiger partial charge in [-0.1, -0.05) is 48.0 Å². The van der Waals surface area contributed by atoms with Crippen LogP contribution in [0.1, 0.15) is 87.0 Å². The Bertz CT molecular complexity index is 396. The van der Waals surface area contributed by atoms with Crippen molar-refractivity contribution in [3.05, 3.63) is 0 Å². The van der Waals surface area contributed by atoms with Crippen LogP contribution in [0.5, 0.6) is 0 Å². The Morgan fingerprint density at radius 3 is 2.21 bits per heavy atom. The highest BCUT2D eigenvalue weighted by Crippen LogP contribution is 2.30. The molecule has 0 radical (unpaired) electrons. The Morgan fingerprint density at radius 2 is 1.67 bits per heavy atom. The quantitative estimate of drug-likeness (QED) is 0.530. The van der Waals surface area contributed by atoms with Crippen molar-refractivity contribution in [3.63, 3.8) is 0 Å². The number of rotatable bonds is 10. The summed E-state index contributed by atoms with van der Waals surface area (Å²) in [5, 5.41) is 0. The van der Waals surface area contributed by atoms with Crippen molar-refractivity contribution in [3.8, 4) is 0 Å². The van der Waals surface area contributed by atoms with Crippen LogP contribution in [-0.2, 0) is 0 Å². The van der Waals surface area contributed by atoms with Crippen LogP contribution < -0.4 is 0 Å². The van der Waals surface area contributed by atoms with Crippen LogP contribution in [0.25, 0.3) is 0 Å². The van der Waals surface area contributed by atoms with Gasteiger partial charge in [-0.2, -0.15) is 0 Å². The highest BCUT2D eigenvalue weighted by atomic mass is 15.4. The van der Waals surface area contributed by atoms with Crippen molar-refractivity contribution in [1.82, 2.24) is 9.80 Å². The fourth-order valence-corrected chi connectivity index (χ4v) is 3.55. The summed E-state index contributed by atoms with van der Waals surface area (Å²) in [6, 6.07) is 0. The van der Waals surface area contributed by atoms with Crippen molar-refractivity contribution in [2.45, 2.75) is 92.5 Å². The molecule has 0 saturated carbocycles. The summed E-state index contributed by atoms with van der Waals surface area (Å²) in [7, 11) is 2.19. The van der Waals surface area contributed by atoms with Gasteiger partial charge in [-0.3, -0.25) is 0 Å². The molecule has 1 aliphatic heterocycles. The zero-order chi connectivity index (χ0) is 18.4. The Labute approximate surface area is 151 Å². The van der Waals surface area contributed by atoms with Crippen molar-refractivity contribution in [1.29, 1.82) is 0 Å². The maximum atomic E-state index is 5.15. The standard InChI is InChI=1S/C21H43N3/c1-9-20(5,6)17-18(4)13-12-14-24-16-15-23(8)19(24)22-21(7,10-2)11-3/h18H,9-17H2,1-8H3. The van der Waals surface area contributed by atoms with E-state index in [2.05, 4.69) is 65.3 Å². The lowest BCUT2D eigenvalue weighted by Gasteiger charge is -2.29. The minimum atomic E-state index is 0.0879. The molecule has 142 valence electrons. The lowest BCUT2D eigenvalue weighted by Crippen LogP contribution is -2.36. The summed E-state index contributed by atoms with van der Waals surface area (Å²) < 4.78 is 0. The minimum Gasteiger partial charge on any atom is -0.344 e. The lowest BCUT2D eigenvalue weighted by molar-refractivity contribution is 0.253. The van der Waals surface area contributed by atoms with Crippen molar-refractivity contribution < 1.29 is 0 Å². The molecule has 3 heteroatoms. The SMILES string of the molecule is CCC(C)(C)CC(C)CCCN1CCN(C)C1=NC(C)(CC)CC. The molecular formula is C21H43N3. The van der Waals surface area contributed by atoms with Gasteiger partial charge in [0.05, 0.1) is 5.54 Å². The number of nitrogens with zero attached hydrogens (tertiary/aromatic N) is 3. The molecule has 0 aromatic heterocycles. The molecule has 1 aliphatic rings. The van der Waals surface area contributed by atoms with E-state index >= 15 is 0 Å². The predicted octanol–water partition coefficient (Wildman–Crippen LogP) is 5.41. The van der Waals surface area contributed by atoms with Gasteiger partial charge in [0.1, 0.15) is 0 Å². The first-order valence-electron chi connectivity index (χ1n) is 10.2. The lowest BCUT2D eigenvalue weighted by atomic mass is 9.80. The zero-order valence-electron chi connectivity index (χ0n) is 17.8. The monoisotopic (exact) mass is 337 g/mol. The van der Waals surface area contributed by atoms with E-state index in [1.54, 1.807) is 0 Å². The van der Waals surface area contributed by atoms with Crippen molar-refractivity contribution in [2.24, 2.45) is 16.3 Å². The van der Waals surface area contributed by atoms with Crippen LogP contribution >= 0.6 is 0 Å². The molecule has 0 N–H and O–H groups in total. The van der Waals surface area contributed by atoms with E-state index < -0.39 is 0 Å². The Kier molecular flexibility index (Phi) is 8.08. The minimum absolute atomic E-state index is 0.0879. The van der Waals surface area contributed by atoms with Crippen LogP contribution in [-0.4, -0.2) is 48.0 Å². The van der Waals surface area contributed by atoms with Gasteiger partial charge in [0.2, 0.25) is 0 Å². The third-order valence-corrected chi connectivity index (χ3v) is 6.21. The molecule has 0 aliphatic carbocycles. The number of likely N-dealkylation sites (N-methyl/N-ethyl adjacent to an activating group) is 1. The second kappa shape index (κ2) is 9.10. The van der Waals surface area contributed by atoms with Crippen LogP contribution in [0.4, 0.5) is 0 Å². The van der Waals surface area contributed by atoms with Crippen molar-refractivity contribution in [2.75, 3.05) is 26.7 Å². The van der Waals surface area contributed by atoms with Gasteiger partial charge in [-0.15, -0.1) is 0 Å². The summed E-state index contributed by atoms with van der Waals surface area (Å²) >= 11 is 0. The molecule has 0 aromatic rings. The van der Waals surface area contributed by atoms with E-state index in [-0.39, 0.29) is 5.54 Å². The molecule has 1 atom stereocenters. The molecule has 1 rings (SSSR count). The molecule has 0 bridgehead atoms. The molecule has 0 amide bonds. The fraction of sp³-hybridized carbons (Fsp3) is 0.952. The van der Waals surface area contributed by atoms with E-state index in [9.17, 15) is 0 Å². The van der Waals surface area contributed by atoms with Gasteiger partial charge in [0, 0.05) is 26.7 Å². The highest BCUT2D eigenvalue weighted by molar-refractivity contribution is 5.82. The molecule has 3 nitrogen and oxygen atoms in total. The average molecular weight is 338 g/mol. The van der Waals surface area contributed by atoms with Gasteiger partial charge >= 0.3 is 0 Å². The van der Waals surface area contributed by atoms with Gasteiger partial charge in [0.15, 0.2) is 5.96 Å². The van der Waals surface area contributed by atoms with Gasteiger partial charge in [-0.25, -0.2) is 4.99 Å². The summed E-state index contributed by atoms with van der Waals surface area (Å²) in [6.45, 7) is 19.7. The Hall–Kier alpha value is -0.730. The molecule has 1 heterocycles. The first kappa shape index (κ1) is 21.3. The van der Waals surface area contributed by atoms with E-state index in [0.717, 1.165) is 38.4 Å². The maximum absolute atomic E-state index is 5.15. The normalized spacial score (nSPS) is 19.4. The van der Waals surface area contributed by atoms with E-state index in [4.69, 9.17) is 4.99 Å². The van der Waals surface area contributed by atoms with Gasteiger partial charge in [0.25, 0.3) is 0 Å². The van der Waals surface area contributed by atoms with E-state index in [1.807, 2.05) is 0 Å². The third kappa shape index (κ3) is 6.29. The zero-order valence-corrected chi connectivity index (χ0v) is 17.8. The smallest absolute Gasteiger partial charge is 0.196 e. The molecular weight excluding hydrogens is 294 g/mol. The topological polar surface area (TPSA) is 18.8 Å². The summed E-state index contributed by atoms with van der Waals surface area (Å²) in [4.78, 5) is 10.0. The first-order valence-corrected chi connectivity index (χ1v) is 10.2. The summed E-state index contributed by atoms with van der Waals surface area (Å²) in [6.07, 6.45) is 7.44. The molecule has 24 heavy (non-hydrogen) atoms. The largest absolute Gasteiger partial charge is 0.344 e. The maximum Gasteiger partial charge on any atom is 0.196 e. The number of hydrogen-bond donors (Lipinski definition) is 0. The highest BCUT2D eigenvalue weighted by Gasteiger charge is 2.28. The Balaban J connectivity index is 2.56. The predicted molar refractivity (Wildman–Crippen MR) is 108 cm³/mol. The van der Waals surface area contributed by atoms with E-state index in [0.29, 0.717) is 5.41 Å². The molecule has 1 saturated heterocycles. The number of guanidine groups is 1. The third-order valence-electron chi connectivity index (χ3n) is 6.21. The molecule has 1 fully saturated rings. The van der Waals surface area contributed by atoms with Crippen LogP contribution in [0.2, 0.25) is 0 Å². The molecule has 0 aromatic carbocycles. The summed E-state index contributed by atoms with van der Waals surface area (Å²) in [5.41, 5.74) is 0.578. The van der Waals surface area contributed by atoms with Crippen LogP contribution in [0.3, 0.4) is 0 Å².